The van der Waals surface area contributed by atoms with Gasteiger partial charge in [-0.1, -0.05) is 11.6 Å². The fraction of sp³-hybridized carbons (Fsp3) is 0.286. The molecule has 1 heterocycles. The van der Waals surface area contributed by atoms with Crippen LogP contribution in [0.2, 0.25) is 5.02 Å². The van der Waals surface area contributed by atoms with Crippen molar-refractivity contribution in [2.45, 2.75) is 33.4 Å². The molecule has 8 heteroatoms. The number of amides is 1. The summed E-state index contributed by atoms with van der Waals surface area (Å²) in [7, 11) is 0. The Hall–Kier alpha value is -2.64. The van der Waals surface area contributed by atoms with Crippen LogP contribution in [0.5, 0.6) is 0 Å². The van der Waals surface area contributed by atoms with Crippen LogP contribution in [0.4, 0.5) is 11.4 Å². The van der Waals surface area contributed by atoms with E-state index in [-0.39, 0.29) is 12.5 Å². The molecule has 1 aromatic heterocycles. The van der Waals surface area contributed by atoms with Crippen molar-refractivity contribution in [1.29, 1.82) is 0 Å². The number of hydrogen-bond acceptors (Lipinski definition) is 4. The Kier molecular flexibility index (Phi) is 6.71. The highest BCUT2D eigenvalue weighted by atomic mass is 35.5. The first-order valence-electron chi connectivity index (χ1n) is 9.46. The summed E-state index contributed by atoms with van der Waals surface area (Å²) in [6.45, 7) is 7.43. The lowest BCUT2D eigenvalue weighted by molar-refractivity contribution is -0.116. The topological polar surface area (TPSA) is 66.0 Å². The summed E-state index contributed by atoms with van der Waals surface area (Å²) < 4.78 is 2.05. The van der Waals surface area contributed by atoms with E-state index in [0.29, 0.717) is 21.7 Å². The first-order chi connectivity index (χ1) is 13.9. The van der Waals surface area contributed by atoms with Gasteiger partial charge in [-0.2, -0.15) is 5.10 Å². The number of hydrogen-bond donors (Lipinski definition) is 2. The molecular formula is C21H24ClN5OS. The molecule has 0 aliphatic heterocycles. The van der Waals surface area contributed by atoms with Crippen LogP contribution >= 0.6 is 23.8 Å². The van der Waals surface area contributed by atoms with Gasteiger partial charge in [0.15, 0.2) is 10.6 Å². The molecule has 0 aliphatic rings. The Morgan fingerprint density at radius 1 is 1.21 bits per heavy atom. The summed E-state index contributed by atoms with van der Waals surface area (Å²) in [5.41, 5.74) is 2.69. The van der Waals surface area contributed by atoms with Gasteiger partial charge in [0.05, 0.1) is 0 Å². The largest absolute Gasteiger partial charge is 0.369 e. The van der Waals surface area contributed by atoms with Gasteiger partial charge in [-0.05, 0) is 81.5 Å². The first-order valence-corrected chi connectivity index (χ1v) is 10.3. The minimum Gasteiger partial charge on any atom is -0.369 e. The van der Waals surface area contributed by atoms with Crippen molar-refractivity contribution < 1.29 is 4.79 Å². The normalized spacial score (nSPS) is 10.9. The Bertz CT molecular complexity index is 1020. The summed E-state index contributed by atoms with van der Waals surface area (Å²) in [6.07, 6.45) is 0. The molecule has 0 saturated carbocycles. The minimum absolute atomic E-state index is 0.0577. The van der Waals surface area contributed by atoms with Crippen LogP contribution in [0.25, 0.3) is 11.4 Å². The Balaban J connectivity index is 1.73. The van der Waals surface area contributed by atoms with Crippen LogP contribution in [0, 0.1) is 4.77 Å². The summed E-state index contributed by atoms with van der Waals surface area (Å²) >= 11 is 11.3. The van der Waals surface area contributed by atoms with E-state index in [2.05, 4.69) is 41.2 Å². The average Bonchev–Trinajstić information content (AvgIpc) is 3.04. The second-order valence-electron chi connectivity index (χ2n) is 6.92. The molecule has 6 nitrogen and oxygen atoms in total. The van der Waals surface area contributed by atoms with Crippen LogP contribution in [0.1, 0.15) is 20.8 Å². The first kappa shape index (κ1) is 21.1. The molecule has 1 amide bonds. The third-order valence-corrected chi connectivity index (χ3v) is 5.17. The van der Waals surface area contributed by atoms with E-state index < -0.39 is 0 Å². The number of carbonyl (C=O) groups is 1. The number of carbonyl (C=O) groups excluding carboxylic acids is 1. The van der Waals surface area contributed by atoms with E-state index in [1.54, 1.807) is 16.7 Å². The van der Waals surface area contributed by atoms with Crippen molar-refractivity contribution in [1.82, 2.24) is 14.8 Å². The predicted molar refractivity (Wildman–Crippen MR) is 121 cm³/mol. The van der Waals surface area contributed by atoms with Crippen LogP contribution in [0.15, 0.2) is 48.5 Å². The fourth-order valence-electron chi connectivity index (χ4n) is 3.21. The van der Waals surface area contributed by atoms with Crippen LogP contribution in [-0.2, 0) is 11.3 Å². The second kappa shape index (κ2) is 9.24. The third-order valence-electron chi connectivity index (χ3n) is 4.61. The average molecular weight is 430 g/mol. The van der Waals surface area contributed by atoms with Crippen molar-refractivity contribution in [3.05, 3.63) is 58.3 Å². The summed E-state index contributed by atoms with van der Waals surface area (Å²) in [5.74, 6) is 0.411. The van der Waals surface area contributed by atoms with Gasteiger partial charge in [-0.15, -0.1) is 0 Å². The van der Waals surface area contributed by atoms with Gasteiger partial charge in [0.25, 0.3) is 0 Å². The number of rotatable bonds is 7. The summed E-state index contributed by atoms with van der Waals surface area (Å²) in [5, 5.41) is 10.6. The van der Waals surface area contributed by atoms with Crippen molar-refractivity contribution in [3.8, 4) is 11.4 Å². The zero-order valence-electron chi connectivity index (χ0n) is 16.6. The van der Waals surface area contributed by atoms with Crippen molar-refractivity contribution in [2.24, 2.45) is 0 Å². The van der Waals surface area contributed by atoms with Crippen molar-refractivity contribution in [3.63, 3.8) is 0 Å². The monoisotopic (exact) mass is 429 g/mol. The summed E-state index contributed by atoms with van der Waals surface area (Å²) in [4.78, 5) is 14.9. The maximum atomic E-state index is 12.6. The maximum absolute atomic E-state index is 12.6. The van der Waals surface area contributed by atoms with E-state index in [1.165, 1.54) is 0 Å². The SMILES string of the molecule is CCN(c1ccc(NC(=O)Cn2c(-c3ccc(Cl)cc3)n[nH]c2=S)cc1)C(C)C. The molecular weight excluding hydrogens is 406 g/mol. The maximum Gasteiger partial charge on any atom is 0.244 e. The van der Waals surface area contributed by atoms with Crippen molar-refractivity contribution in [2.75, 3.05) is 16.8 Å². The lowest BCUT2D eigenvalue weighted by Gasteiger charge is -2.27. The predicted octanol–water partition coefficient (Wildman–Crippen LogP) is 5.13. The van der Waals surface area contributed by atoms with Crippen LogP contribution in [-0.4, -0.2) is 33.3 Å². The molecule has 3 rings (SSSR count). The standard InChI is InChI=1S/C21H24ClN5OS/c1-4-26(14(2)3)18-11-9-17(10-12-18)23-19(28)13-27-20(24-25-21(27)29)15-5-7-16(22)8-6-15/h5-12,14H,4,13H2,1-3H3,(H,23,28)(H,25,29). The molecule has 0 aliphatic carbocycles. The number of aromatic nitrogens is 3. The number of benzene rings is 2. The Morgan fingerprint density at radius 3 is 2.45 bits per heavy atom. The van der Waals surface area contributed by atoms with Gasteiger partial charge >= 0.3 is 0 Å². The number of nitrogens with zero attached hydrogens (tertiary/aromatic N) is 3. The fourth-order valence-corrected chi connectivity index (χ4v) is 3.53. The van der Waals surface area contributed by atoms with Gasteiger partial charge in [0.1, 0.15) is 6.54 Å². The molecule has 29 heavy (non-hydrogen) atoms. The minimum atomic E-state index is -0.179. The molecule has 0 saturated heterocycles. The zero-order chi connectivity index (χ0) is 21.0. The Labute approximate surface area is 180 Å². The smallest absolute Gasteiger partial charge is 0.244 e. The highest BCUT2D eigenvalue weighted by Gasteiger charge is 2.13. The number of aromatic amines is 1. The molecule has 0 spiro atoms. The van der Waals surface area contributed by atoms with Crippen LogP contribution in [0.3, 0.4) is 0 Å². The molecule has 3 aromatic rings. The number of nitrogens with one attached hydrogen (secondary N) is 2. The van der Waals surface area contributed by atoms with Crippen LogP contribution < -0.4 is 10.2 Å². The summed E-state index contributed by atoms with van der Waals surface area (Å²) in [6, 6.07) is 15.5. The number of halogens is 1. The van der Waals surface area contributed by atoms with Gasteiger partial charge in [0, 0.05) is 34.5 Å². The molecule has 0 fully saturated rings. The lowest BCUT2D eigenvalue weighted by Crippen LogP contribution is -2.30. The lowest BCUT2D eigenvalue weighted by atomic mass is 10.2. The van der Waals surface area contributed by atoms with E-state index in [1.807, 2.05) is 36.4 Å². The molecule has 0 radical (unpaired) electrons. The molecule has 0 unspecified atom stereocenters. The Morgan fingerprint density at radius 2 is 1.86 bits per heavy atom. The van der Waals surface area contributed by atoms with E-state index >= 15 is 0 Å². The molecule has 0 bridgehead atoms. The quantitative estimate of drug-likeness (QED) is 0.510. The third kappa shape index (κ3) is 5.05. The number of H-pyrrole nitrogens is 1. The molecule has 2 aromatic carbocycles. The highest BCUT2D eigenvalue weighted by Crippen LogP contribution is 2.21. The van der Waals surface area contributed by atoms with E-state index in [4.69, 9.17) is 23.8 Å². The zero-order valence-corrected chi connectivity index (χ0v) is 18.2. The van der Waals surface area contributed by atoms with E-state index in [9.17, 15) is 4.79 Å². The van der Waals surface area contributed by atoms with Crippen molar-refractivity contribution >= 4 is 41.1 Å². The molecule has 2 N–H and O–H groups in total. The van der Waals surface area contributed by atoms with Gasteiger partial charge in [-0.3, -0.25) is 14.5 Å². The van der Waals surface area contributed by atoms with Gasteiger partial charge < -0.3 is 10.2 Å². The second-order valence-corrected chi connectivity index (χ2v) is 7.74. The molecule has 152 valence electrons. The molecule has 0 atom stereocenters. The van der Waals surface area contributed by atoms with E-state index in [0.717, 1.165) is 23.5 Å². The highest BCUT2D eigenvalue weighted by molar-refractivity contribution is 7.71. The van der Waals surface area contributed by atoms with Gasteiger partial charge in [-0.25, -0.2) is 0 Å². The van der Waals surface area contributed by atoms with Gasteiger partial charge in [0.2, 0.25) is 5.91 Å². The number of anilines is 2.